The van der Waals surface area contributed by atoms with E-state index in [1.54, 1.807) is 4.90 Å². The second-order valence-electron chi connectivity index (χ2n) is 5.13. The molecule has 0 spiro atoms. The van der Waals surface area contributed by atoms with E-state index in [1.807, 2.05) is 11.8 Å². The standard InChI is InChI=1S/C12H21N3O2S/c1-12(3-2-8-18-12)9-14-10(16)11(17)15-6-4-13-5-7-15/h13H,2-9H2,1H3,(H,14,16). The number of piperazine rings is 1. The Bertz CT molecular complexity index is 323. The molecule has 1 unspecified atom stereocenters. The second kappa shape index (κ2) is 5.93. The molecule has 2 rings (SSSR count). The van der Waals surface area contributed by atoms with Gasteiger partial charge in [-0.15, -0.1) is 0 Å². The van der Waals surface area contributed by atoms with E-state index in [0.29, 0.717) is 19.6 Å². The fourth-order valence-electron chi connectivity index (χ4n) is 2.33. The molecular weight excluding hydrogens is 250 g/mol. The molecular formula is C12H21N3O2S. The van der Waals surface area contributed by atoms with Crippen molar-refractivity contribution in [1.29, 1.82) is 0 Å². The van der Waals surface area contributed by atoms with Gasteiger partial charge in [-0.1, -0.05) is 0 Å². The highest BCUT2D eigenvalue weighted by Crippen LogP contribution is 2.36. The lowest BCUT2D eigenvalue weighted by Crippen LogP contribution is -2.52. The van der Waals surface area contributed by atoms with Crippen LogP contribution in [0.1, 0.15) is 19.8 Å². The van der Waals surface area contributed by atoms with Crippen LogP contribution in [0.25, 0.3) is 0 Å². The molecule has 2 aliphatic rings. The van der Waals surface area contributed by atoms with Crippen molar-refractivity contribution in [3.8, 4) is 0 Å². The molecule has 6 heteroatoms. The maximum absolute atomic E-state index is 11.9. The molecule has 1 atom stereocenters. The summed E-state index contributed by atoms with van der Waals surface area (Å²) in [6.07, 6.45) is 2.31. The van der Waals surface area contributed by atoms with Gasteiger partial charge in [0.05, 0.1) is 0 Å². The summed E-state index contributed by atoms with van der Waals surface area (Å²) >= 11 is 1.88. The summed E-state index contributed by atoms with van der Waals surface area (Å²) in [5.41, 5.74) is 0. The average Bonchev–Trinajstić information content (AvgIpc) is 2.83. The van der Waals surface area contributed by atoms with Crippen LogP contribution in [-0.2, 0) is 9.59 Å². The molecule has 2 aliphatic heterocycles. The summed E-state index contributed by atoms with van der Waals surface area (Å²) in [5, 5.41) is 5.95. The molecule has 102 valence electrons. The maximum Gasteiger partial charge on any atom is 0.311 e. The van der Waals surface area contributed by atoms with Gasteiger partial charge in [0.2, 0.25) is 0 Å². The maximum atomic E-state index is 11.9. The molecule has 0 aromatic heterocycles. The van der Waals surface area contributed by atoms with E-state index in [2.05, 4.69) is 17.6 Å². The molecule has 0 aromatic rings. The van der Waals surface area contributed by atoms with Crippen molar-refractivity contribution in [2.45, 2.75) is 24.5 Å². The van der Waals surface area contributed by atoms with Crippen molar-refractivity contribution in [3.05, 3.63) is 0 Å². The quantitative estimate of drug-likeness (QED) is 0.684. The van der Waals surface area contributed by atoms with Crippen LogP contribution in [0.5, 0.6) is 0 Å². The van der Waals surface area contributed by atoms with Crippen LogP contribution in [-0.4, -0.2) is 59.9 Å². The van der Waals surface area contributed by atoms with Gasteiger partial charge in [-0.2, -0.15) is 11.8 Å². The van der Waals surface area contributed by atoms with E-state index < -0.39 is 5.91 Å². The highest BCUT2D eigenvalue weighted by Gasteiger charge is 2.31. The molecule has 0 aliphatic carbocycles. The molecule has 0 saturated carbocycles. The van der Waals surface area contributed by atoms with E-state index in [0.717, 1.165) is 25.3 Å². The van der Waals surface area contributed by atoms with Gasteiger partial charge in [0.1, 0.15) is 0 Å². The number of amides is 2. The summed E-state index contributed by atoms with van der Waals surface area (Å²) in [4.78, 5) is 25.3. The Morgan fingerprint density at radius 3 is 2.72 bits per heavy atom. The number of carbonyl (C=O) groups excluding carboxylic acids is 2. The number of nitrogens with zero attached hydrogens (tertiary/aromatic N) is 1. The molecule has 2 saturated heterocycles. The molecule has 2 heterocycles. The minimum absolute atomic E-state index is 0.111. The van der Waals surface area contributed by atoms with Crippen LogP contribution in [0.2, 0.25) is 0 Å². The topological polar surface area (TPSA) is 61.4 Å². The van der Waals surface area contributed by atoms with Gasteiger partial charge in [-0.05, 0) is 25.5 Å². The van der Waals surface area contributed by atoms with Crippen molar-refractivity contribution >= 4 is 23.6 Å². The largest absolute Gasteiger partial charge is 0.346 e. The summed E-state index contributed by atoms with van der Waals surface area (Å²) < 4.78 is 0.111. The zero-order valence-corrected chi connectivity index (χ0v) is 11.6. The van der Waals surface area contributed by atoms with Crippen LogP contribution < -0.4 is 10.6 Å². The van der Waals surface area contributed by atoms with Crippen LogP contribution in [0.3, 0.4) is 0 Å². The van der Waals surface area contributed by atoms with Gasteiger partial charge < -0.3 is 15.5 Å². The highest BCUT2D eigenvalue weighted by atomic mass is 32.2. The van der Waals surface area contributed by atoms with Crippen molar-refractivity contribution < 1.29 is 9.59 Å². The molecule has 0 aromatic carbocycles. The van der Waals surface area contributed by atoms with Crippen molar-refractivity contribution in [2.24, 2.45) is 0 Å². The van der Waals surface area contributed by atoms with Gasteiger partial charge in [0.15, 0.2) is 0 Å². The molecule has 2 fully saturated rings. The number of nitrogens with one attached hydrogen (secondary N) is 2. The minimum Gasteiger partial charge on any atom is -0.346 e. The third-order valence-corrected chi connectivity index (χ3v) is 5.06. The van der Waals surface area contributed by atoms with E-state index >= 15 is 0 Å². The van der Waals surface area contributed by atoms with Gasteiger partial charge in [0.25, 0.3) is 0 Å². The minimum atomic E-state index is -0.453. The lowest BCUT2D eigenvalue weighted by Gasteiger charge is -2.28. The smallest absolute Gasteiger partial charge is 0.311 e. The summed E-state index contributed by atoms with van der Waals surface area (Å²) in [6, 6.07) is 0. The van der Waals surface area contributed by atoms with Crippen LogP contribution in [0.15, 0.2) is 0 Å². The van der Waals surface area contributed by atoms with Crippen LogP contribution in [0.4, 0.5) is 0 Å². The first-order valence-electron chi connectivity index (χ1n) is 6.52. The van der Waals surface area contributed by atoms with E-state index in [9.17, 15) is 9.59 Å². The highest BCUT2D eigenvalue weighted by molar-refractivity contribution is 8.00. The molecule has 18 heavy (non-hydrogen) atoms. The Morgan fingerprint density at radius 1 is 1.39 bits per heavy atom. The van der Waals surface area contributed by atoms with E-state index in [1.165, 1.54) is 6.42 Å². The summed E-state index contributed by atoms with van der Waals surface area (Å²) in [6.45, 7) is 5.53. The van der Waals surface area contributed by atoms with Crippen LogP contribution in [0, 0.1) is 0 Å². The second-order valence-corrected chi connectivity index (χ2v) is 6.81. The Morgan fingerprint density at radius 2 is 2.11 bits per heavy atom. The third-order valence-electron chi connectivity index (χ3n) is 3.52. The fourth-order valence-corrected chi connectivity index (χ4v) is 3.58. The fraction of sp³-hybridized carbons (Fsp3) is 0.833. The third kappa shape index (κ3) is 3.38. The van der Waals surface area contributed by atoms with Crippen molar-refractivity contribution in [2.75, 3.05) is 38.5 Å². The predicted molar refractivity (Wildman–Crippen MR) is 72.6 cm³/mol. The van der Waals surface area contributed by atoms with E-state index in [-0.39, 0.29) is 10.7 Å². The Hall–Kier alpha value is -0.750. The first-order chi connectivity index (χ1) is 8.61. The molecule has 0 radical (unpaired) electrons. The van der Waals surface area contributed by atoms with Gasteiger partial charge >= 0.3 is 11.8 Å². The molecule has 5 nitrogen and oxygen atoms in total. The summed E-state index contributed by atoms with van der Waals surface area (Å²) in [7, 11) is 0. The number of rotatable bonds is 2. The number of hydrogen-bond acceptors (Lipinski definition) is 4. The lowest BCUT2D eigenvalue weighted by molar-refractivity contribution is -0.146. The van der Waals surface area contributed by atoms with Gasteiger partial charge in [-0.3, -0.25) is 9.59 Å². The Kier molecular flexibility index (Phi) is 4.50. The van der Waals surface area contributed by atoms with Gasteiger partial charge in [0, 0.05) is 37.5 Å². The normalized spacial score (nSPS) is 28.2. The van der Waals surface area contributed by atoms with Crippen molar-refractivity contribution in [3.63, 3.8) is 0 Å². The molecule has 2 amide bonds. The number of hydrogen-bond donors (Lipinski definition) is 2. The number of carbonyl (C=O) groups is 2. The first kappa shape index (κ1) is 13.7. The zero-order valence-electron chi connectivity index (χ0n) is 10.8. The average molecular weight is 271 g/mol. The van der Waals surface area contributed by atoms with Crippen molar-refractivity contribution in [1.82, 2.24) is 15.5 Å². The van der Waals surface area contributed by atoms with E-state index in [4.69, 9.17) is 0 Å². The Labute approximate surface area is 112 Å². The predicted octanol–water partition coefficient (Wildman–Crippen LogP) is -0.180. The lowest BCUT2D eigenvalue weighted by atomic mass is 10.1. The number of thioether (sulfide) groups is 1. The SMILES string of the molecule is CC1(CNC(=O)C(=O)N2CCNCC2)CCCS1. The van der Waals surface area contributed by atoms with Gasteiger partial charge in [-0.25, -0.2) is 0 Å². The molecule has 0 bridgehead atoms. The Balaban J connectivity index is 1.78. The molecule has 2 N–H and O–H groups in total. The zero-order chi connectivity index (χ0) is 13.0. The first-order valence-corrected chi connectivity index (χ1v) is 7.51. The summed E-state index contributed by atoms with van der Waals surface area (Å²) in [5.74, 6) is 0.312. The van der Waals surface area contributed by atoms with Crippen LogP contribution >= 0.6 is 11.8 Å². The monoisotopic (exact) mass is 271 g/mol.